The van der Waals surface area contributed by atoms with Crippen LogP contribution in [0.25, 0.3) is 10.1 Å². The summed E-state index contributed by atoms with van der Waals surface area (Å²) in [7, 11) is 0. The van der Waals surface area contributed by atoms with Crippen LogP contribution in [0.1, 0.15) is 43.1 Å². The van der Waals surface area contributed by atoms with Gasteiger partial charge in [0, 0.05) is 28.3 Å². The Hall–Kier alpha value is -2.50. The topological polar surface area (TPSA) is 74.6 Å². The van der Waals surface area contributed by atoms with Gasteiger partial charge in [-0.15, -0.1) is 11.3 Å². The molecule has 3 atom stereocenters. The lowest BCUT2D eigenvalue weighted by molar-refractivity contribution is -0.137. The van der Waals surface area contributed by atoms with E-state index in [1.54, 1.807) is 17.4 Å². The first-order valence-electron chi connectivity index (χ1n) is 9.87. The van der Waals surface area contributed by atoms with Gasteiger partial charge in [0.15, 0.2) is 0 Å². The molecule has 152 valence electrons. The van der Waals surface area contributed by atoms with Crippen molar-refractivity contribution in [3.63, 3.8) is 0 Å². The van der Waals surface area contributed by atoms with E-state index in [-0.39, 0.29) is 24.0 Å². The van der Waals surface area contributed by atoms with Crippen molar-refractivity contribution in [3.8, 4) is 0 Å². The number of hydrogen-bond acceptors (Lipinski definition) is 4. The highest BCUT2D eigenvalue weighted by Gasteiger charge is 2.34. The molecule has 0 aliphatic heterocycles. The van der Waals surface area contributed by atoms with Gasteiger partial charge in [-0.05, 0) is 42.7 Å². The van der Waals surface area contributed by atoms with Gasteiger partial charge >= 0.3 is 5.97 Å². The molecule has 0 spiro atoms. The number of rotatable bonds is 9. The number of benzene rings is 1. The molecule has 2 N–H and O–H groups in total. The minimum atomic E-state index is -0.782. The van der Waals surface area contributed by atoms with Crippen molar-refractivity contribution in [2.24, 2.45) is 11.8 Å². The van der Waals surface area contributed by atoms with E-state index in [9.17, 15) is 14.7 Å². The molecule has 1 aromatic carbocycles. The van der Waals surface area contributed by atoms with E-state index in [4.69, 9.17) is 5.11 Å². The maximum atomic E-state index is 12.4. The first kappa shape index (κ1) is 21.2. The molecule has 2 aromatic rings. The van der Waals surface area contributed by atoms with Crippen LogP contribution in [0, 0.1) is 11.8 Å². The van der Waals surface area contributed by atoms with E-state index in [0.29, 0.717) is 25.7 Å². The highest BCUT2D eigenvalue weighted by atomic mass is 32.1. The summed E-state index contributed by atoms with van der Waals surface area (Å²) in [4.78, 5) is 23.8. The monoisotopic (exact) mass is 410 g/mol. The van der Waals surface area contributed by atoms with Crippen molar-refractivity contribution in [1.29, 1.82) is 0 Å². The van der Waals surface area contributed by atoms with E-state index in [1.165, 1.54) is 0 Å². The summed E-state index contributed by atoms with van der Waals surface area (Å²) in [5.74, 6) is -0.881. The van der Waals surface area contributed by atoms with Crippen molar-refractivity contribution in [3.05, 3.63) is 71.7 Å². The molecule has 29 heavy (non-hydrogen) atoms. The van der Waals surface area contributed by atoms with Crippen molar-refractivity contribution in [1.82, 2.24) is 0 Å². The summed E-state index contributed by atoms with van der Waals surface area (Å²) >= 11 is 1.56. The average molecular weight is 411 g/mol. The fourth-order valence-electron chi connectivity index (χ4n) is 3.71. The first-order valence-corrected chi connectivity index (χ1v) is 10.7. The van der Waals surface area contributed by atoms with Crippen LogP contribution in [0.4, 0.5) is 0 Å². The molecule has 1 aliphatic carbocycles. The SMILES string of the molecule is C=C1CC(=O)[C@H](C=CC(O)c2cc3ccccc3s2)[C@H]1CC=CCCCC(=O)O. The Morgan fingerprint density at radius 3 is 2.86 bits per heavy atom. The minimum absolute atomic E-state index is 0.0316. The van der Waals surface area contributed by atoms with Crippen LogP contribution in [-0.4, -0.2) is 22.0 Å². The maximum absolute atomic E-state index is 12.4. The van der Waals surface area contributed by atoms with Gasteiger partial charge in [0.25, 0.3) is 0 Å². The Morgan fingerprint density at radius 2 is 2.10 bits per heavy atom. The summed E-state index contributed by atoms with van der Waals surface area (Å²) in [6.45, 7) is 4.06. The molecular formula is C24H26O4S. The fourth-order valence-corrected chi connectivity index (χ4v) is 4.74. The van der Waals surface area contributed by atoms with Gasteiger partial charge in [-0.2, -0.15) is 0 Å². The number of aliphatic hydroxyl groups excluding tert-OH is 1. The zero-order chi connectivity index (χ0) is 20.8. The summed E-state index contributed by atoms with van der Waals surface area (Å²) in [6.07, 6.45) is 9.38. The quantitative estimate of drug-likeness (QED) is 0.426. The summed E-state index contributed by atoms with van der Waals surface area (Å²) in [5, 5.41) is 20.3. The van der Waals surface area contributed by atoms with E-state index < -0.39 is 12.1 Å². The van der Waals surface area contributed by atoms with Gasteiger partial charge in [0.1, 0.15) is 11.9 Å². The second kappa shape index (κ2) is 9.81. The second-order valence-electron chi connectivity index (χ2n) is 7.44. The highest BCUT2D eigenvalue weighted by molar-refractivity contribution is 7.19. The van der Waals surface area contributed by atoms with Crippen LogP contribution in [0.3, 0.4) is 0 Å². The largest absolute Gasteiger partial charge is 0.481 e. The number of carbonyl (C=O) groups excluding carboxylic acids is 1. The predicted octanol–water partition coefficient (Wildman–Crippen LogP) is 5.45. The van der Waals surface area contributed by atoms with E-state index >= 15 is 0 Å². The van der Waals surface area contributed by atoms with Crippen LogP contribution in [0.15, 0.2) is 66.8 Å². The number of Topliss-reactive ketones (excluding diaryl/α,β-unsaturated/α-hetero) is 1. The predicted molar refractivity (Wildman–Crippen MR) is 117 cm³/mol. The Morgan fingerprint density at radius 1 is 1.31 bits per heavy atom. The number of unbranched alkanes of at least 4 members (excludes halogenated alkanes) is 1. The summed E-state index contributed by atoms with van der Waals surface area (Å²) in [6, 6.07) is 10.00. The Labute approximate surface area is 174 Å². The third-order valence-corrected chi connectivity index (χ3v) is 6.47. The Kier molecular flexibility index (Phi) is 7.18. The zero-order valence-electron chi connectivity index (χ0n) is 16.3. The van der Waals surface area contributed by atoms with E-state index in [1.807, 2.05) is 48.6 Å². The average Bonchev–Trinajstić information content (AvgIpc) is 3.23. The van der Waals surface area contributed by atoms with Crippen molar-refractivity contribution in [2.45, 2.75) is 38.2 Å². The molecule has 1 heterocycles. The van der Waals surface area contributed by atoms with Gasteiger partial charge in [0.05, 0.1) is 0 Å². The van der Waals surface area contributed by atoms with Crippen LogP contribution in [-0.2, 0) is 9.59 Å². The Balaban J connectivity index is 1.62. The lowest BCUT2D eigenvalue weighted by Gasteiger charge is -2.14. The molecule has 1 unspecified atom stereocenters. The number of carboxylic acid groups (broad SMARTS) is 1. The van der Waals surface area contributed by atoms with E-state index in [2.05, 4.69) is 6.58 Å². The number of carboxylic acids is 1. The number of ketones is 1. The molecule has 0 amide bonds. The van der Waals surface area contributed by atoms with Gasteiger partial charge in [-0.3, -0.25) is 9.59 Å². The molecule has 5 heteroatoms. The van der Waals surface area contributed by atoms with Crippen molar-refractivity contribution >= 4 is 33.2 Å². The van der Waals surface area contributed by atoms with Crippen LogP contribution >= 0.6 is 11.3 Å². The molecule has 0 bridgehead atoms. The normalized spacial score (nSPS) is 21.0. The number of carbonyl (C=O) groups is 2. The molecule has 3 rings (SSSR count). The standard InChI is InChI=1S/C24H26O4S/c1-16-14-21(26)19(18(16)9-4-2-3-5-11-24(27)28)12-13-20(25)23-15-17-8-6-7-10-22(17)29-23/h2,4,6-8,10,12-13,15,18-20,25H,1,3,5,9,11,14H2,(H,27,28)/t18-,19+,20?/m0/s1. The number of aliphatic carboxylic acids is 1. The van der Waals surface area contributed by atoms with Gasteiger partial charge in [-0.1, -0.05) is 54.7 Å². The van der Waals surface area contributed by atoms with E-state index in [0.717, 1.165) is 20.5 Å². The smallest absolute Gasteiger partial charge is 0.303 e. The molecule has 1 aromatic heterocycles. The van der Waals surface area contributed by atoms with Crippen molar-refractivity contribution in [2.75, 3.05) is 0 Å². The van der Waals surface area contributed by atoms with Crippen LogP contribution in [0.2, 0.25) is 0 Å². The fraction of sp³-hybridized carbons (Fsp3) is 0.333. The number of aliphatic hydroxyl groups is 1. The Bertz CT molecular complexity index is 920. The lowest BCUT2D eigenvalue weighted by Crippen LogP contribution is -2.12. The number of thiophene rings is 1. The number of hydrogen-bond donors (Lipinski definition) is 2. The summed E-state index contributed by atoms with van der Waals surface area (Å²) in [5.41, 5.74) is 0.927. The molecular weight excluding hydrogens is 384 g/mol. The minimum Gasteiger partial charge on any atom is -0.481 e. The maximum Gasteiger partial charge on any atom is 0.303 e. The van der Waals surface area contributed by atoms with Crippen molar-refractivity contribution < 1.29 is 19.8 Å². The molecule has 1 aliphatic rings. The van der Waals surface area contributed by atoms with Gasteiger partial charge < -0.3 is 10.2 Å². The van der Waals surface area contributed by atoms with Crippen LogP contribution in [0.5, 0.6) is 0 Å². The van der Waals surface area contributed by atoms with Gasteiger partial charge in [0.2, 0.25) is 0 Å². The first-order chi connectivity index (χ1) is 14.0. The molecule has 1 fully saturated rings. The molecule has 1 saturated carbocycles. The molecule has 4 nitrogen and oxygen atoms in total. The highest BCUT2D eigenvalue weighted by Crippen LogP contribution is 2.37. The second-order valence-corrected chi connectivity index (χ2v) is 8.56. The molecule has 0 saturated heterocycles. The number of allylic oxidation sites excluding steroid dienone is 4. The number of fused-ring (bicyclic) bond motifs is 1. The third-order valence-electron chi connectivity index (χ3n) is 5.29. The lowest BCUT2D eigenvalue weighted by atomic mass is 9.89. The molecule has 0 radical (unpaired) electrons. The van der Waals surface area contributed by atoms with Gasteiger partial charge in [-0.25, -0.2) is 0 Å². The zero-order valence-corrected chi connectivity index (χ0v) is 17.1. The summed E-state index contributed by atoms with van der Waals surface area (Å²) < 4.78 is 1.13. The third kappa shape index (κ3) is 5.52. The van der Waals surface area contributed by atoms with Crippen LogP contribution < -0.4 is 0 Å².